The standard InChI is InChI=1S/C7H16N2O/c1-7-6-10-5-4-9(7)3-2-8/h7H,2-6,8H2,1H3. The quantitative estimate of drug-likeness (QED) is 0.576. The van der Waals surface area contributed by atoms with Gasteiger partial charge in [0.1, 0.15) is 0 Å². The lowest BCUT2D eigenvalue weighted by atomic mass is 10.2. The van der Waals surface area contributed by atoms with E-state index in [1.807, 2.05) is 0 Å². The van der Waals surface area contributed by atoms with Crippen molar-refractivity contribution >= 4 is 0 Å². The molecule has 0 spiro atoms. The van der Waals surface area contributed by atoms with E-state index in [4.69, 9.17) is 10.5 Å². The van der Waals surface area contributed by atoms with Gasteiger partial charge in [-0.1, -0.05) is 0 Å². The Hall–Kier alpha value is -0.120. The zero-order chi connectivity index (χ0) is 7.40. The number of nitrogens with zero attached hydrogens (tertiary/aromatic N) is 1. The average Bonchev–Trinajstić information content (AvgIpc) is 1.94. The highest BCUT2D eigenvalue weighted by Crippen LogP contribution is 2.03. The van der Waals surface area contributed by atoms with Crippen LogP contribution in [0.3, 0.4) is 0 Å². The third-order valence-electron chi connectivity index (χ3n) is 1.92. The highest BCUT2D eigenvalue weighted by Gasteiger charge is 2.16. The van der Waals surface area contributed by atoms with E-state index >= 15 is 0 Å². The summed E-state index contributed by atoms with van der Waals surface area (Å²) in [4.78, 5) is 2.36. The third kappa shape index (κ3) is 1.94. The van der Waals surface area contributed by atoms with Crippen molar-refractivity contribution in [1.29, 1.82) is 0 Å². The summed E-state index contributed by atoms with van der Waals surface area (Å²) < 4.78 is 5.28. The lowest BCUT2D eigenvalue weighted by Crippen LogP contribution is -2.45. The van der Waals surface area contributed by atoms with Gasteiger partial charge in [-0.15, -0.1) is 0 Å². The van der Waals surface area contributed by atoms with Crippen molar-refractivity contribution in [2.24, 2.45) is 5.73 Å². The van der Waals surface area contributed by atoms with Crippen LogP contribution in [-0.2, 0) is 4.74 Å². The van der Waals surface area contributed by atoms with Crippen molar-refractivity contribution in [3.8, 4) is 0 Å². The molecule has 0 bridgehead atoms. The number of hydrogen-bond donors (Lipinski definition) is 1. The zero-order valence-corrected chi connectivity index (χ0v) is 6.55. The number of hydrogen-bond acceptors (Lipinski definition) is 3. The molecular weight excluding hydrogens is 128 g/mol. The summed E-state index contributed by atoms with van der Waals surface area (Å²) in [5.74, 6) is 0. The van der Waals surface area contributed by atoms with Crippen LogP contribution in [0.1, 0.15) is 6.92 Å². The first kappa shape index (κ1) is 7.98. The molecule has 1 rings (SSSR count). The minimum atomic E-state index is 0.553. The summed E-state index contributed by atoms with van der Waals surface area (Å²) in [5, 5.41) is 0. The van der Waals surface area contributed by atoms with Gasteiger partial charge >= 0.3 is 0 Å². The molecule has 0 aliphatic carbocycles. The van der Waals surface area contributed by atoms with Crippen molar-refractivity contribution in [3.05, 3.63) is 0 Å². The van der Waals surface area contributed by atoms with E-state index in [9.17, 15) is 0 Å². The molecule has 0 saturated carbocycles. The molecule has 1 aliphatic heterocycles. The van der Waals surface area contributed by atoms with Gasteiger partial charge in [-0.2, -0.15) is 0 Å². The van der Waals surface area contributed by atoms with Gasteiger partial charge in [-0.3, -0.25) is 4.90 Å². The van der Waals surface area contributed by atoms with E-state index < -0.39 is 0 Å². The van der Waals surface area contributed by atoms with E-state index in [0.29, 0.717) is 6.04 Å². The van der Waals surface area contributed by atoms with Crippen LogP contribution in [0.2, 0.25) is 0 Å². The monoisotopic (exact) mass is 144 g/mol. The maximum Gasteiger partial charge on any atom is 0.0619 e. The fourth-order valence-electron chi connectivity index (χ4n) is 1.26. The molecule has 1 aliphatic rings. The van der Waals surface area contributed by atoms with Gasteiger partial charge in [0, 0.05) is 25.7 Å². The summed E-state index contributed by atoms with van der Waals surface area (Å²) in [6, 6.07) is 0.553. The molecule has 0 aromatic carbocycles. The van der Waals surface area contributed by atoms with Gasteiger partial charge in [0.2, 0.25) is 0 Å². The number of nitrogens with two attached hydrogens (primary N) is 1. The van der Waals surface area contributed by atoms with Gasteiger partial charge in [-0.25, -0.2) is 0 Å². The molecular formula is C7H16N2O. The van der Waals surface area contributed by atoms with Crippen molar-refractivity contribution < 1.29 is 4.74 Å². The van der Waals surface area contributed by atoms with E-state index in [-0.39, 0.29) is 0 Å². The van der Waals surface area contributed by atoms with Crippen LogP contribution in [0.15, 0.2) is 0 Å². The highest BCUT2D eigenvalue weighted by molar-refractivity contribution is 4.70. The van der Waals surface area contributed by atoms with Gasteiger partial charge in [0.15, 0.2) is 0 Å². The third-order valence-corrected chi connectivity index (χ3v) is 1.92. The van der Waals surface area contributed by atoms with Crippen molar-refractivity contribution in [3.63, 3.8) is 0 Å². The summed E-state index contributed by atoms with van der Waals surface area (Å²) >= 11 is 0. The second kappa shape index (κ2) is 3.91. The van der Waals surface area contributed by atoms with Crippen LogP contribution in [0.4, 0.5) is 0 Å². The number of rotatable bonds is 2. The molecule has 0 aromatic rings. The molecule has 10 heavy (non-hydrogen) atoms. The Morgan fingerprint density at radius 3 is 3.10 bits per heavy atom. The van der Waals surface area contributed by atoms with E-state index in [1.54, 1.807) is 0 Å². The van der Waals surface area contributed by atoms with Crippen molar-refractivity contribution in [2.45, 2.75) is 13.0 Å². The van der Waals surface area contributed by atoms with Gasteiger partial charge in [0.25, 0.3) is 0 Å². The molecule has 1 atom stereocenters. The molecule has 3 nitrogen and oxygen atoms in total. The Labute approximate surface area is 62.1 Å². The Balaban J connectivity index is 2.25. The lowest BCUT2D eigenvalue weighted by Gasteiger charge is -2.32. The molecule has 1 fully saturated rings. The van der Waals surface area contributed by atoms with E-state index in [0.717, 1.165) is 32.8 Å². The normalized spacial score (nSPS) is 28.8. The minimum Gasteiger partial charge on any atom is -0.379 e. The molecule has 1 unspecified atom stereocenters. The predicted molar refractivity (Wildman–Crippen MR) is 40.9 cm³/mol. The van der Waals surface area contributed by atoms with Crippen LogP contribution >= 0.6 is 0 Å². The molecule has 60 valence electrons. The Kier molecular flexibility index (Phi) is 3.12. The molecule has 0 amide bonds. The zero-order valence-electron chi connectivity index (χ0n) is 6.55. The fourth-order valence-corrected chi connectivity index (χ4v) is 1.26. The van der Waals surface area contributed by atoms with Crippen LogP contribution in [-0.4, -0.2) is 43.8 Å². The van der Waals surface area contributed by atoms with Crippen molar-refractivity contribution in [2.75, 3.05) is 32.8 Å². The number of ether oxygens (including phenoxy) is 1. The van der Waals surface area contributed by atoms with Crippen LogP contribution < -0.4 is 5.73 Å². The molecule has 2 N–H and O–H groups in total. The van der Waals surface area contributed by atoms with Crippen molar-refractivity contribution in [1.82, 2.24) is 4.90 Å². The lowest BCUT2D eigenvalue weighted by molar-refractivity contribution is 0.00137. The summed E-state index contributed by atoms with van der Waals surface area (Å²) in [6.07, 6.45) is 0. The summed E-state index contributed by atoms with van der Waals surface area (Å²) in [5.41, 5.74) is 5.44. The Morgan fingerprint density at radius 1 is 1.70 bits per heavy atom. The first-order chi connectivity index (χ1) is 4.84. The van der Waals surface area contributed by atoms with Crippen LogP contribution in [0, 0.1) is 0 Å². The highest BCUT2D eigenvalue weighted by atomic mass is 16.5. The maximum absolute atomic E-state index is 5.44. The minimum absolute atomic E-state index is 0.553. The summed E-state index contributed by atoms with van der Waals surface area (Å²) in [6.45, 7) is 6.70. The first-order valence-electron chi connectivity index (χ1n) is 3.86. The Morgan fingerprint density at radius 2 is 2.50 bits per heavy atom. The number of morpholine rings is 1. The smallest absolute Gasteiger partial charge is 0.0619 e. The maximum atomic E-state index is 5.44. The molecule has 0 radical (unpaired) electrons. The Bertz CT molecular complexity index is 95.6. The SMILES string of the molecule is CC1COCCN1CCN. The van der Waals surface area contributed by atoms with Crippen LogP contribution in [0.5, 0.6) is 0 Å². The molecule has 1 saturated heterocycles. The average molecular weight is 144 g/mol. The van der Waals surface area contributed by atoms with Crippen LogP contribution in [0.25, 0.3) is 0 Å². The summed E-state index contributed by atoms with van der Waals surface area (Å²) in [7, 11) is 0. The molecule has 1 heterocycles. The second-order valence-electron chi connectivity index (χ2n) is 2.75. The fraction of sp³-hybridized carbons (Fsp3) is 1.00. The molecule has 0 aromatic heterocycles. The second-order valence-corrected chi connectivity index (χ2v) is 2.75. The van der Waals surface area contributed by atoms with Gasteiger partial charge < -0.3 is 10.5 Å². The van der Waals surface area contributed by atoms with Gasteiger partial charge in [0.05, 0.1) is 13.2 Å². The first-order valence-corrected chi connectivity index (χ1v) is 3.86. The largest absolute Gasteiger partial charge is 0.379 e. The topological polar surface area (TPSA) is 38.5 Å². The van der Waals surface area contributed by atoms with Gasteiger partial charge in [-0.05, 0) is 6.92 Å². The predicted octanol–water partition coefficient (Wildman–Crippen LogP) is -0.334. The van der Waals surface area contributed by atoms with E-state index in [2.05, 4.69) is 11.8 Å². The van der Waals surface area contributed by atoms with E-state index in [1.165, 1.54) is 0 Å². The molecule has 3 heteroatoms.